The quantitative estimate of drug-likeness (QED) is 0.714. The summed E-state index contributed by atoms with van der Waals surface area (Å²) < 4.78 is 28.3. The van der Waals surface area contributed by atoms with E-state index in [0.29, 0.717) is 37.5 Å². The predicted octanol–water partition coefficient (Wildman–Crippen LogP) is 1.21. The number of piperidine rings is 1. The van der Waals surface area contributed by atoms with E-state index in [0.717, 1.165) is 32.2 Å². The Bertz CT molecular complexity index is 410. The zero-order valence-electron chi connectivity index (χ0n) is 12.5. The van der Waals surface area contributed by atoms with E-state index in [1.165, 1.54) is 4.31 Å². The lowest BCUT2D eigenvalue weighted by molar-refractivity contribution is 0.244. The average Bonchev–Trinajstić information content (AvgIpc) is 2.84. The van der Waals surface area contributed by atoms with Crippen LogP contribution in [-0.2, 0) is 10.2 Å². The number of likely N-dealkylation sites (tertiary alicyclic amines) is 1. The van der Waals surface area contributed by atoms with Gasteiger partial charge in [-0.2, -0.15) is 17.0 Å². The molecule has 2 aliphatic heterocycles. The Labute approximate surface area is 128 Å². The summed E-state index contributed by atoms with van der Waals surface area (Å²) in [6, 6.07) is 0.357. The van der Waals surface area contributed by atoms with Gasteiger partial charge in [-0.1, -0.05) is 0 Å². The van der Waals surface area contributed by atoms with E-state index in [9.17, 15) is 8.42 Å². The molecule has 0 aliphatic carbocycles. The molecule has 0 saturated carbocycles. The van der Waals surface area contributed by atoms with Gasteiger partial charge in [0.2, 0.25) is 0 Å². The summed E-state index contributed by atoms with van der Waals surface area (Å²) in [5.74, 6) is 1.10. The van der Waals surface area contributed by atoms with Crippen LogP contribution >= 0.6 is 11.6 Å². The van der Waals surface area contributed by atoms with Gasteiger partial charge in [0, 0.05) is 38.6 Å². The summed E-state index contributed by atoms with van der Waals surface area (Å²) in [6.07, 6.45) is 4.00. The van der Waals surface area contributed by atoms with Crippen LogP contribution in [-0.4, -0.2) is 74.1 Å². The Morgan fingerprint density at radius 2 is 1.85 bits per heavy atom. The molecule has 1 unspecified atom stereocenters. The van der Waals surface area contributed by atoms with E-state index in [4.69, 9.17) is 11.6 Å². The summed E-state index contributed by atoms with van der Waals surface area (Å²) in [5, 5.41) is 0. The van der Waals surface area contributed by atoms with E-state index in [1.54, 1.807) is 11.4 Å². The van der Waals surface area contributed by atoms with Crippen LogP contribution in [0.1, 0.15) is 25.7 Å². The lowest BCUT2D eigenvalue weighted by Crippen LogP contribution is -2.49. The fraction of sp³-hybridized carbons (Fsp3) is 1.00. The molecule has 0 amide bonds. The van der Waals surface area contributed by atoms with Crippen LogP contribution < -0.4 is 0 Å². The summed E-state index contributed by atoms with van der Waals surface area (Å²) in [6.45, 7) is 2.86. The second kappa shape index (κ2) is 6.92. The Morgan fingerprint density at radius 1 is 1.20 bits per heavy atom. The van der Waals surface area contributed by atoms with Gasteiger partial charge in [-0.05, 0) is 45.2 Å². The van der Waals surface area contributed by atoms with Gasteiger partial charge < -0.3 is 4.90 Å². The molecule has 7 heteroatoms. The van der Waals surface area contributed by atoms with Gasteiger partial charge in [0.05, 0.1) is 0 Å². The summed E-state index contributed by atoms with van der Waals surface area (Å²) in [5.41, 5.74) is 0. The van der Waals surface area contributed by atoms with E-state index in [-0.39, 0.29) is 0 Å². The van der Waals surface area contributed by atoms with E-state index >= 15 is 0 Å². The first kappa shape index (κ1) is 16.5. The lowest BCUT2D eigenvalue weighted by atomic mass is 10.0. The highest BCUT2D eigenvalue weighted by atomic mass is 35.5. The number of nitrogens with zero attached hydrogens (tertiary/aromatic N) is 3. The Balaban J connectivity index is 1.92. The first-order valence-electron chi connectivity index (χ1n) is 7.42. The minimum absolute atomic E-state index is 0.357. The largest absolute Gasteiger partial charge is 0.302 e. The highest BCUT2D eigenvalue weighted by Crippen LogP contribution is 2.23. The van der Waals surface area contributed by atoms with Gasteiger partial charge in [0.15, 0.2) is 0 Å². The summed E-state index contributed by atoms with van der Waals surface area (Å²) >= 11 is 5.85. The van der Waals surface area contributed by atoms with Crippen LogP contribution in [0.15, 0.2) is 0 Å². The smallest absolute Gasteiger partial charge is 0.281 e. The zero-order valence-corrected chi connectivity index (χ0v) is 14.0. The molecule has 0 spiro atoms. The van der Waals surface area contributed by atoms with Crippen molar-refractivity contribution in [1.82, 2.24) is 13.5 Å². The van der Waals surface area contributed by atoms with E-state index in [1.807, 2.05) is 0 Å². The van der Waals surface area contributed by atoms with Crippen LogP contribution in [0.25, 0.3) is 0 Å². The first-order chi connectivity index (χ1) is 9.45. The van der Waals surface area contributed by atoms with Crippen LogP contribution in [0, 0.1) is 5.92 Å². The van der Waals surface area contributed by atoms with Crippen molar-refractivity contribution in [2.45, 2.75) is 31.7 Å². The van der Waals surface area contributed by atoms with E-state index < -0.39 is 10.2 Å². The van der Waals surface area contributed by atoms with Crippen LogP contribution in [0.3, 0.4) is 0 Å². The van der Waals surface area contributed by atoms with Gasteiger partial charge >= 0.3 is 0 Å². The normalized spacial score (nSPS) is 27.5. The highest BCUT2D eigenvalue weighted by Gasteiger charge is 2.33. The third-order valence-corrected chi connectivity index (χ3v) is 7.04. The topological polar surface area (TPSA) is 43.9 Å². The first-order valence-corrected chi connectivity index (χ1v) is 9.36. The van der Waals surface area contributed by atoms with Crippen molar-refractivity contribution in [3.8, 4) is 0 Å². The number of rotatable bonds is 5. The summed E-state index contributed by atoms with van der Waals surface area (Å²) in [4.78, 5) is 2.26. The fourth-order valence-corrected chi connectivity index (χ4v) is 4.83. The lowest BCUT2D eigenvalue weighted by Gasteiger charge is -2.34. The molecular weight excluding hydrogens is 298 g/mol. The maximum atomic E-state index is 12.6. The van der Waals surface area contributed by atoms with Gasteiger partial charge in [0.25, 0.3) is 10.2 Å². The number of halogens is 1. The maximum absolute atomic E-state index is 12.6. The SMILES string of the molecule is CN1CCCC1CN(C)S(=O)(=O)N1CCC(CCl)CC1. The van der Waals surface area contributed by atoms with Crippen molar-refractivity contribution >= 4 is 21.8 Å². The van der Waals surface area contributed by atoms with Gasteiger partial charge in [0.1, 0.15) is 0 Å². The minimum atomic E-state index is -3.31. The van der Waals surface area contributed by atoms with Crippen molar-refractivity contribution in [2.24, 2.45) is 5.92 Å². The maximum Gasteiger partial charge on any atom is 0.281 e. The monoisotopic (exact) mass is 323 g/mol. The van der Waals surface area contributed by atoms with Gasteiger partial charge in [-0.15, -0.1) is 11.6 Å². The number of hydrogen-bond acceptors (Lipinski definition) is 3. The standard InChI is InChI=1S/C13H26ClN3O2S/c1-15-7-3-4-13(15)11-16(2)20(18,19)17-8-5-12(10-14)6-9-17/h12-13H,3-11H2,1-2H3. The molecule has 118 valence electrons. The number of likely N-dealkylation sites (N-methyl/N-ethyl adjacent to an activating group) is 2. The minimum Gasteiger partial charge on any atom is -0.302 e. The molecule has 1 atom stereocenters. The van der Waals surface area contributed by atoms with Crippen molar-refractivity contribution in [3.05, 3.63) is 0 Å². The zero-order chi connectivity index (χ0) is 14.8. The van der Waals surface area contributed by atoms with Crippen LogP contribution in [0.2, 0.25) is 0 Å². The second-order valence-corrected chi connectivity index (χ2v) is 8.41. The molecule has 0 radical (unpaired) electrons. The summed E-state index contributed by atoms with van der Waals surface area (Å²) in [7, 11) is 0.469. The molecule has 2 saturated heterocycles. The van der Waals surface area contributed by atoms with Crippen LogP contribution in [0.5, 0.6) is 0 Å². The van der Waals surface area contributed by atoms with Crippen molar-refractivity contribution in [2.75, 3.05) is 46.2 Å². The molecule has 2 heterocycles. The Morgan fingerprint density at radius 3 is 2.35 bits per heavy atom. The molecule has 2 rings (SSSR count). The van der Waals surface area contributed by atoms with Crippen LogP contribution in [0.4, 0.5) is 0 Å². The fourth-order valence-electron chi connectivity index (χ4n) is 3.09. The van der Waals surface area contributed by atoms with Gasteiger partial charge in [-0.25, -0.2) is 0 Å². The number of alkyl halides is 1. The Hall–Kier alpha value is 0.120. The molecule has 20 heavy (non-hydrogen) atoms. The molecular formula is C13H26ClN3O2S. The predicted molar refractivity (Wildman–Crippen MR) is 82.2 cm³/mol. The van der Waals surface area contributed by atoms with Crippen molar-refractivity contribution in [1.29, 1.82) is 0 Å². The van der Waals surface area contributed by atoms with Gasteiger partial charge in [-0.3, -0.25) is 0 Å². The third kappa shape index (κ3) is 3.65. The second-order valence-electron chi connectivity index (χ2n) is 6.06. The van der Waals surface area contributed by atoms with Crippen molar-refractivity contribution < 1.29 is 8.42 Å². The molecule has 0 aromatic rings. The highest BCUT2D eigenvalue weighted by molar-refractivity contribution is 7.86. The molecule has 5 nitrogen and oxygen atoms in total. The number of hydrogen-bond donors (Lipinski definition) is 0. The Kier molecular flexibility index (Phi) is 5.71. The van der Waals surface area contributed by atoms with E-state index in [2.05, 4.69) is 11.9 Å². The average molecular weight is 324 g/mol. The molecule has 2 aliphatic rings. The molecule has 0 bridgehead atoms. The molecule has 0 aromatic heterocycles. The third-order valence-electron chi connectivity index (χ3n) is 4.65. The molecule has 2 fully saturated rings. The molecule has 0 N–H and O–H groups in total. The van der Waals surface area contributed by atoms with Crippen molar-refractivity contribution in [3.63, 3.8) is 0 Å². The molecule has 0 aromatic carbocycles.